The summed E-state index contributed by atoms with van der Waals surface area (Å²) in [5.41, 5.74) is 0.797. The van der Waals surface area contributed by atoms with Crippen LogP contribution in [-0.4, -0.2) is 52.8 Å². The number of hydrogen-bond donors (Lipinski definition) is 1. The molecule has 1 atom stereocenters. The Morgan fingerprint density at radius 2 is 2.09 bits per heavy atom. The van der Waals surface area contributed by atoms with E-state index in [1.807, 2.05) is 11.8 Å². The van der Waals surface area contributed by atoms with E-state index < -0.39 is 11.4 Å². The fourth-order valence-electron chi connectivity index (χ4n) is 5.10. The number of anilines is 1. The number of aromatic nitrogens is 1. The summed E-state index contributed by atoms with van der Waals surface area (Å²) in [6.07, 6.45) is 1.27. The van der Waals surface area contributed by atoms with Crippen molar-refractivity contribution in [1.82, 2.24) is 9.47 Å². The predicted molar refractivity (Wildman–Crippen MR) is 129 cm³/mol. The molecule has 178 valence electrons. The molecule has 2 aliphatic heterocycles. The number of rotatable bonds is 3. The van der Waals surface area contributed by atoms with Gasteiger partial charge in [-0.25, -0.2) is 4.39 Å². The number of pyridine rings is 1. The number of halogens is 1. The summed E-state index contributed by atoms with van der Waals surface area (Å²) in [7, 11) is 0. The molecule has 1 N–H and O–H groups in total. The van der Waals surface area contributed by atoms with Gasteiger partial charge in [0.2, 0.25) is 5.91 Å². The quantitative estimate of drug-likeness (QED) is 0.586. The van der Waals surface area contributed by atoms with Gasteiger partial charge in [0.05, 0.1) is 23.3 Å². The van der Waals surface area contributed by atoms with Crippen molar-refractivity contribution >= 4 is 22.5 Å². The Hall–Kier alpha value is -4.32. The molecule has 1 fully saturated rings. The Bertz CT molecular complexity index is 1470. The highest BCUT2D eigenvalue weighted by Crippen LogP contribution is 2.45. The minimum atomic E-state index is -0.617. The SMILES string of the molecule is C=CC(=O)N1CCN(c2c(C#N)c(=O)n3c4c(c(-c5c(O)cccc5F)ccc24)OCC3)C(C)C1. The average Bonchev–Trinajstić information content (AvgIpc) is 2.86. The van der Waals surface area contributed by atoms with E-state index in [1.165, 1.54) is 28.8 Å². The average molecular weight is 474 g/mol. The lowest BCUT2D eigenvalue weighted by Gasteiger charge is -2.42. The molecule has 3 heterocycles. The van der Waals surface area contributed by atoms with E-state index in [0.717, 1.165) is 0 Å². The molecule has 0 bridgehead atoms. The zero-order valence-electron chi connectivity index (χ0n) is 19.1. The van der Waals surface area contributed by atoms with Crippen LogP contribution in [0.1, 0.15) is 12.5 Å². The third kappa shape index (κ3) is 3.41. The first-order chi connectivity index (χ1) is 16.9. The Balaban J connectivity index is 1.76. The van der Waals surface area contributed by atoms with E-state index in [4.69, 9.17) is 4.74 Å². The molecule has 1 aromatic heterocycles. The number of carbonyl (C=O) groups is 1. The zero-order valence-corrected chi connectivity index (χ0v) is 19.1. The number of nitriles is 1. The van der Waals surface area contributed by atoms with Gasteiger partial charge in [0, 0.05) is 36.6 Å². The van der Waals surface area contributed by atoms with E-state index in [2.05, 4.69) is 12.6 Å². The molecule has 1 unspecified atom stereocenters. The van der Waals surface area contributed by atoms with Gasteiger partial charge >= 0.3 is 0 Å². The van der Waals surface area contributed by atoms with Crippen LogP contribution in [-0.2, 0) is 11.3 Å². The van der Waals surface area contributed by atoms with Crippen LogP contribution in [0.25, 0.3) is 22.0 Å². The Labute approximate surface area is 200 Å². The van der Waals surface area contributed by atoms with Crippen LogP contribution in [0, 0.1) is 17.1 Å². The van der Waals surface area contributed by atoms with Gasteiger partial charge in [0.1, 0.15) is 29.8 Å². The molecule has 8 nitrogen and oxygen atoms in total. The maximum absolute atomic E-state index is 14.7. The minimum absolute atomic E-state index is 0.0128. The van der Waals surface area contributed by atoms with E-state index in [-0.39, 0.29) is 47.7 Å². The van der Waals surface area contributed by atoms with Crippen LogP contribution in [0.3, 0.4) is 0 Å². The second-order valence-electron chi connectivity index (χ2n) is 8.64. The number of nitrogens with zero attached hydrogens (tertiary/aromatic N) is 4. The number of amides is 1. The Kier molecular flexibility index (Phi) is 5.44. The second kappa shape index (κ2) is 8.47. The number of ether oxygens (including phenoxy) is 1. The number of phenolic OH excluding ortho intramolecular Hbond substituents is 1. The van der Waals surface area contributed by atoms with Crippen molar-refractivity contribution in [3.8, 4) is 28.7 Å². The molecular weight excluding hydrogens is 451 g/mol. The van der Waals surface area contributed by atoms with Crippen molar-refractivity contribution < 1.29 is 19.0 Å². The third-order valence-corrected chi connectivity index (χ3v) is 6.69. The molecule has 3 aromatic rings. The Morgan fingerprint density at radius 1 is 1.29 bits per heavy atom. The van der Waals surface area contributed by atoms with Crippen molar-refractivity contribution in [3.63, 3.8) is 0 Å². The summed E-state index contributed by atoms with van der Waals surface area (Å²) in [5.74, 6) is -0.745. The normalized spacial score (nSPS) is 17.1. The monoisotopic (exact) mass is 474 g/mol. The van der Waals surface area contributed by atoms with E-state index in [1.54, 1.807) is 17.0 Å². The second-order valence-corrected chi connectivity index (χ2v) is 8.64. The number of benzene rings is 2. The fourth-order valence-corrected chi connectivity index (χ4v) is 5.10. The molecule has 0 spiro atoms. The molecule has 2 aromatic carbocycles. The first-order valence-corrected chi connectivity index (χ1v) is 11.3. The van der Waals surface area contributed by atoms with Gasteiger partial charge in [-0.2, -0.15) is 5.26 Å². The van der Waals surface area contributed by atoms with Crippen LogP contribution in [0.15, 0.2) is 47.8 Å². The summed E-state index contributed by atoms with van der Waals surface area (Å²) < 4.78 is 22.2. The van der Waals surface area contributed by atoms with Crippen LogP contribution in [0.5, 0.6) is 11.5 Å². The standard InChI is InChI=1S/C26H23FN4O4/c1-3-21(33)29-9-10-30(15(2)14-29)23-17-8-7-16(22-19(27)5-4-6-20(22)32)25-24(17)31(11-12-35-25)26(34)18(23)13-28/h3-8,15,32H,1,9-12,14H2,2H3. The van der Waals surface area contributed by atoms with Crippen LogP contribution < -0.4 is 15.2 Å². The molecule has 2 aliphatic rings. The van der Waals surface area contributed by atoms with Gasteiger partial charge in [0.25, 0.3) is 5.56 Å². The number of phenols is 1. The number of hydrogen-bond acceptors (Lipinski definition) is 6. The third-order valence-electron chi connectivity index (χ3n) is 6.69. The number of piperazine rings is 1. The summed E-state index contributed by atoms with van der Waals surface area (Å²) in [5, 5.41) is 21.0. The zero-order chi connectivity index (χ0) is 24.9. The highest BCUT2D eigenvalue weighted by Gasteiger charge is 2.33. The summed E-state index contributed by atoms with van der Waals surface area (Å²) >= 11 is 0. The molecule has 1 saturated heterocycles. The van der Waals surface area contributed by atoms with Crippen molar-refractivity contribution in [2.75, 3.05) is 31.1 Å². The van der Waals surface area contributed by atoms with E-state index >= 15 is 0 Å². The largest absolute Gasteiger partial charge is 0.507 e. The number of carbonyl (C=O) groups excluding carboxylic acids is 1. The lowest BCUT2D eigenvalue weighted by molar-refractivity contribution is -0.126. The topological polar surface area (TPSA) is 98.8 Å². The van der Waals surface area contributed by atoms with Gasteiger partial charge in [-0.05, 0) is 37.3 Å². The summed E-state index contributed by atoms with van der Waals surface area (Å²) in [6.45, 7) is 7.11. The lowest BCUT2D eigenvalue weighted by Crippen LogP contribution is -2.54. The summed E-state index contributed by atoms with van der Waals surface area (Å²) in [6, 6.07) is 9.33. The van der Waals surface area contributed by atoms with E-state index in [9.17, 15) is 24.3 Å². The molecule has 0 saturated carbocycles. The smallest absolute Gasteiger partial charge is 0.271 e. The Morgan fingerprint density at radius 3 is 2.77 bits per heavy atom. The molecule has 0 radical (unpaired) electrons. The van der Waals surface area contributed by atoms with Gasteiger partial charge in [0.15, 0.2) is 5.75 Å². The molecule has 35 heavy (non-hydrogen) atoms. The molecule has 5 rings (SSSR count). The van der Waals surface area contributed by atoms with E-state index in [0.29, 0.717) is 41.8 Å². The minimum Gasteiger partial charge on any atom is -0.507 e. The van der Waals surface area contributed by atoms with Crippen molar-refractivity contribution in [2.24, 2.45) is 0 Å². The first kappa shape index (κ1) is 22.5. The van der Waals surface area contributed by atoms with Gasteiger partial charge in [-0.1, -0.05) is 12.6 Å². The van der Waals surface area contributed by atoms with Crippen molar-refractivity contribution in [1.29, 1.82) is 5.26 Å². The van der Waals surface area contributed by atoms with Crippen LogP contribution in [0.2, 0.25) is 0 Å². The van der Waals surface area contributed by atoms with Crippen LogP contribution >= 0.6 is 0 Å². The number of aromatic hydroxyl groups is 1. The van der Waals surface area contributed by atoms with Crippen LogP contribution in [0.4, 0.5) is 10.1 Å². The maximum Gasteiger partial charge on any atom is 0.271 e. The van der Waals surface area contributed by atoms with Gasteiger partial charge < -0.3 is 24.2 Å². The molecule has 0 aliphatic carbocycles. The molecule has 9 heteroatoms. The van der Waals surface area contributed by atoms with Crippen molar-refractivity contribution in [3.05, 3.63) is 64.7 Å². The van der Waals surface area contributed by atoms with Crippen molar-refractivity contribution in [2.45, 2.75) is 19.5 Å². The lowest BCUT2D eigenvalue weighted by atomic mass is 9.97. The van der Waals surface area contributed by atoms with Gasteiger partial charge in [-0.3, -0.25) is 9.59 Å². The van der Waals surface area contributed by atoms with Gasteiger partial charge in [-0.15, -0.1) is 0 Å². The maximum atomic E-state index is 14.7. The summed E-state index contributed by atoms with van der Waals surface area (Å²) in [4.78, 5) is 29.2. The molecular formula is C26H23FN4O4. The fraction of sp³-hybridized carbons (Fsp3) is 0.269. The molecule has 1 amide bonds. The highest BCUT2D eigenvalue weighted by molar-refractivity contribution is 6.02. The highest BCUT2D eigenvalue weighted by atomic mass is 19.1. The predicted octanol–water partition coefficient (Wildman–Crippen LogP) is 3.00. The first-order valence-electron chi connectivity index (χ1n) is 11.3.